The number of aryl methyl sites for hydroxylation is 1. The second-order valence-electron chi connectivity index (χ2n) is 5.63. The van der Waals surface area contributed by atoms with E-state index in [9.17, 15) is 13.6 Å². The Bertz CT molecular complexity index is 1060. The van der Waals surface area contributed by atoms with Crippen molar-refractivity contribution in [2.24, 2.45) is 16.5 Å². The SMILES string of the molecule is Cc1cc(-c2c(F)cc(F)cc2Cl)c2cc(C(=O)N=C(N)N)ccc2n1. The minimum atomic E-state index is -0.817. The van der Waals surface area contributed by atoms with Gasteiger partial charge in [0.25, 0.3) is 5.91 Å². The number of carbonyl (C=O) groups excluding carboxylic acids is 1. The number of guanidine groups is 1. The molecule has 0 unspecified atom stereocenters. The van der Waals surface area contributed by atoms with Crippen LogP contribution in [0.2, 0.25) is 5.02 Å². The summed E-state index contributed by atoms with van der Waals surface area (Å²) in [5.41, 5.74) is 12.2. The fourth-order valence-corrected chi connectivity index (χ4v) is 2.98. The van der Waals surface area contributed by atoms with Crippen LogP contribution in [-0.2, 0) is 0 Å². The Morgan fingerprint density at radius 1 is 1.15 bits per heavy atom. The summed E-state index contributed by atoms with van der Waals surface area (Å²) in [6.45, 7) is 1.73. The van der Waals surface area contributed by atoms with E-state index in [4.69, 9.17) is 23.1 Å². The first-order valence-electron chi connectivity index (χ1n) is 7.46. The molecule has 4 N–H and O–H groups in total. The molecule has 1 heterocycles. The van der Waals surface area contributed by atoms with Crippen molar-refractivity contribution in [3.8, 4) is 11.1 Å². The number of carbonyl (C=O) groups is 1. The van der Waals surface area contributed by atoms with Crippen LogP contribution in [-0.4, -0.2) is 16.9 Å². The number of rotatable bonds is 2. The lowest BCUT2D eigenvalue weighted by Gasteiger charge is -2.12. The van der Waals surface area contributed by atoms with E-state index in [0.717, 1.165) is 12.1 Å². The number of nitrogens with two attached hydrogens (primary N) is 2. The topological polar surface area (TPSA) is 94.4 Å². The largest absolute Gasteiger partial charge is 0.370 e. The predicted molar refractivity (Wildman–Crippen MR) is 97.0 cm³/mol. The minimum absolute atomic E-state index is 0.0232. The van der Waals surface area contributed by atoms with Crippen LogP contribution in [0.3, 0.4) is 0 Å². The lowest BCUT2D eigenvalue weighted by Crippen LogP contribution is -2.24. The number of aliphatic imine (C=N–C) groups is 1. The highest BCUT2D eigenvalue weighted by Crippen LogP contribution is 2.36. The molecule has 132 valence electrons. The molecule has 26 heavy (non-hydrogen) atoms. The molecule has 0 aliphatic rings. The van der Waals surface area contributed by atoms with Crippen LogP contribution in [0.4, 0.5) is 8.78 Å². The average molecular weight is 375 g/mol. The van der Waals surface area contributed by atoms with Gasteiger partial charge in [-0.15, -0.1) is 0 Å². The summed E-state index contributed by atoms with van der Waals surface area (Å²) in [6.07, 6.45) is 0. The highest BCUT2D eigenvalue weighted by molar-refractivity contribution is 6.33. The number of halogens is 3. The van der Waals surface area contributed by atoms with E-state index in [2.05, 4.69) is 9.98 Å². The summed E-state index contributed by atoms with van der Waals surface area (Å²) in [5.74, 6) is -2.62. The fourth-order valence-electron chi connectivity index (χ4n) is 2.68. The zero-order valence-corrected chi connectivity index (χ0v) is 14.3. The zero-order chi connectivity index (χ0) is 19.0. The average Bonchev–Trinajstić information content (AvgIpc) is 2.52. The fraction of sp³-hybridized carbons (Fsp3) is 0.0556. The number of fused-ring (bicyclic) bond motifs is 1. The van der Waals surface area contributed by atoms with Crippen molar-refractivity contribution in [2.75, 3.05) is 0 Å². The molecule has 3 aromatic rings. The van der Waals surface area contributed by atoms with Crippen molar-refractivity contribution in [1.82, 2.24) is 4.98 Å². The van der Waals surface area contributed by atoms with Crippen molar-refractivity contribution >= 4 is 34.4 Å². The Morgan fingerprint density at radius 2 is 1.88 bits per heavy atom. The molecule has 0 fully saturated rings. The van der Waals surface area contributed by atoms with Crippen molar-refractivity contribution < 1.29 is 13.6 Å². The Hall–Kier alpha value is -3.06. The first-order valence-corrected chi connectivity index (χ1v) is 7.84. The Morgan fingerprint density at radius 3 is 2.54 bits per heavy atom. The van der Waals surface area contributed by atoms with Gasteiger partial charge in [-0.25, -0.2) is 8.78 Å². The third kappa shape index (κ3) is 3.34. The quantitative estimate of drug-likeness (QED) is 0.529. The van der Waals surface area contributed by atoms with Crippen LogP contribution in [0.5, 0.6) is 0 Å². The maximum Gasteiger partial charge on any atom is 0.280 e. The molecule has 1 amide bonds. The van der Waals surface area contributed by atoms with E-state index in [-0.39, 0.29) is 22.1 Å². The van der Waals surface area contributed by atoms with E-state index in [0.29, 0.717) is 22.2 Å². The van der Waals surface area contributed by atoms with Crippen LogP contribution in [0.1, 0.15) is 16.1 Å². The Labute approximate surface area is 152 Å². The van der Waals surface area contributed by atoms with Crippen LogP contribution < -0.4 is 11.5 Å². The Kier molecular flexibility index (Phi) is 4.56. The normalized spacial score (nSPS) is 10.8. The number of hydrogen-bond acceptors (Lipinski definition) is 2. The maximum atomic E-state index is 14.4. The van der Waals surface area contributed by atoms with Crippen molar-refractivity contribution in [3.63, 3.8) is 0 Å². The summed E-state index contributed by atoms with van der Waals surface area (Å²) in [5, 5.41) is 0.370. The molecule has 5 nitrogen and oxygen atoms in total. The summed E-state index contributed by atoms with van der Waals surface area (Å²) in [4.78, 5) is 19.9. The molecule has 1 aromatic heterocycles. The van der Waals surface area contributed by atoms with Gasteiger partial charge in [0.2, 0.25) is 0 Å². The van der Waals surface area contributed by atoms with Gasteiger partial charge in [0.15, 0.2) is 5.96 Å². The van der Waals surface area contributed by atoms with E-state index in [1.807, 2.05) is 0 Å². The van der Waals surface area contributed by atoms with Crippen molar-refractivity contribution in [3.05, 3.63) is 64.3 Å². The maximum absolute atomic E-state index is 14.4. The number of nitrogens with zero attached hydrogens (tertiary/aromatic N) is 2. The highest BCUT2D eigenvalue weighted by Gasteiger charge is 2.17. The Balaban J connectivity index is 2.32. The van der Waals surface area contributed by atoms with Gasteiger partial charge in [-0.2, -0.15) is 4.99 Å². The third-order valence-corrected chi connectivity index (χ3v) is 3.99. The van der Waals surface area contributed by atoms with E-state index >= 15 is 0 Å². The molecule has 0 saturated carbocycles. The number of aromatic nitrogens is 1. The molecule has 3 rings (SSSR count). The van der Waals surface area contributed by atoms with E-state index in [1.54, 1.807) is 19.1 Å². The monoisotopic (exact) mass is 374 g/mol. The van der Waals surface area contributed by atoms with Crippen molar-refractivity contribution in [1.29, 1.82) is 0 Å². The second-order valence-corrected chi connectivity index (χ2v) is 6.04. The molecule has 0 spiro atoms. The minimum Gasteiger partial charge on any atom is -0.370 e. The number of benzene rings is 2. The molecular weight excluding hydrogens is 362 g/mol. The van der Waals surface area contributed by atoms with E-state index < -0.39 is 17.5 Å². The smallest absolute Gasteiger partial charge is 0.280 e. The van der Waals surface area contributed by atoms with Gasteiger partial charge in [-0.05, 0) is 42.8 Å². The second kappa shape index (κ2) is 6.68. The van der Waals surface area contributed by atoms with Gasteiger partial charge in [0.05, 0.1) is 10.5 Å². The first kappa shape index (κ1) is 17.8. The number of hydrogen-bond donors (Lipinski definition) is 2. The lowest BCUT2D eigenvalue weighted by molar-refractivity contribution is 0.100. The molecule has 2 aromatic carbocycles. The number of pyridine rings is 1. The molecule has 0 aliphatic heterocycles. The van der Waals surface area contributed by atoms with Gasteiger partial charge < -0.3 is 11.5 Å². The number of amides is 1. The van der Waals surface area contributed by atoms with Gasteiger partial charge in [-0.3, -0.25) is 9.78 Å². The lowest BCUT2D eigenvalue weighted by atomic mass is 9.98. The molecule has 0 saturated heterocycles. The summed E-state index contributed by atoms with van der Waals surface area (Å²) < 4.78 is 27.8. The van der Waals surface area contributed by atoms with Crippen LogP contribution in [0.25, 0.3) is 22.0 Å². The van der Waals surface area contributed by atoms with E-state index in [1.165, 1.54) is 12.1 Å². The summed E-state index contributed by atoms with van der Waals surface area (Å²) in [6, 6.07) is 7.98. The standard InChI is InChI=1S/C18H13ClF2N4O/c1-8-4-12(16-13(19)6-10(20)7-14(16)21)11-5-9(2-3-15(11)24-8)17(26)25-18(22)23/h2-7H,1H3,(H4,22,23,25,26). The van der Waals surface area contributed by atoms with Gasteiger partial charge in [0.1, 0.15) is 11.6 Å². The summed E-state index contributed by atoms with van der Waals surface area (Å²) >= 11 is 6.07. The van der Waals surface area contributed by atoms with Gasteiger partial charge in [0, 0.05) is 28.3 Å². The summed E-state index contributed by atoms with van der Waals surface area (Å²) in [7, 11) is 0. The predicted octanol–water partition coefficient (Wildman–Crippen LogP) is 3.56. The van der Waals surface area contributed by atoms with Crippen molar-refractivity contribution in [2.45, 2.75) is 6.92 Å². The zero-order valence-electron chi connectivity index (χ0n) is 13.6. The molecule has 0 radical (unpaired) electrons. The van der Waals surface area contributed by atoms with Crippen LogP contribution in [0.15, 0.2) is 41.4 Å². The molecule has 8 heteroatoms. The van der Waals surface area contributed by atoms with Crippen LogP contribution >= 0.6 is 11.6 Å². The molecule has 0 aliphatic carbocycles. The molecular formula is C18H13ClF2N4O. The van der Waals surface area contributed by atoms with Crippen LogP contribution in [0, 0.1) is 18.6 Å². The van der Waals surface area contributed by atoms with Gasteiger partial charge >= 0.3 is 0 Å². The highest BCUT2D eigenvalue weighted by atomic mass is 35.5. The molecule has 0 atom stereocenters. The first-order chi connectivity index (χ1) is 12.3. The third-order valence-electron chi connectivity index (χ3n) is 3.69. The van der Waals surface area contributed by atoms with Gasteiger partial charge in [-0.1, -0.05) is 11.6 Å². The molecule has 0 bridgehead atoms.